The second kappa shape index (κ2) is 4.73. The highest BCUT2D eigenvalue weighted by atomic mass is 79.9. The van der Waals surface area contributed by atoms with E-state index in [1.165, 1.54) is 0 Å². The largest absolute Gasteiger partial charge is 0.363 e. The Kier molecular flexibility index (Phi) is 2.93. The monoisotopic (exact) mass is 303 g/mol. The fourth-order valence-corrected chi connectivity index (χ4v) is 2.11. The Morgan fingerprint density at radius 1 is 1.33 bits per heavy atom. The van der Waals surface area contributed by atoms with Gasteiger partial charge in [0.05, 0.1) is 0 Å². The summed E-state index contributed by atoms with van der Waals surface area (Å²) in [5.74, 6) is 0.748. The summed E-state index contributed by atoms with van der Waals surface area (Å²) in [6, 6.07) is 3.93. The lowest BCUT2D eigenvalue weighted by Gasteiger charge is -2.07. The van der Waals surface area contributed by atoms with Crippen molar-refractivity contribution in [2.75, 3.05) is 5.32 Å². The van der Waals surface area contributed by atoms with Crippen LogP contribution in [0.1, 0.15) is 5.56 Å². The Hall–Kier alpha value is -1.95. The Labute approximate surface area is 112 Å². The van der Waals surface area contributed by atoms with Crippen LogP contribution in [0, 0.1) is 0 Å². The fourth-order valence-electron chi connectivity index (χ4n) is 1.71. The Bertz CT molecular complexity index is 665. The molecule has 0 aromatic carbocycles. The van der Waals surface area contributed by atoms with Gasteiger partial charge in [-0.3, -0.25) is 4.98 Å². The normalized spacial score (nSPS) is 10.7. The number of hydrogen-bond donors (Lipinski definition) is 1. The molecule has 0 aliphatic carbocycles. The third-order valence-corrected chi connectivity index (χ3v) is 2.91. The van der Waals surface area contributed by atoms with Crippen molar-refractivity contribution >= 4 is 27.4 Å². The van der Waals surface area contributed by atoms with E-state index in [1.54, 1.807) is 12.4 Å². The molecule has 0 amide bonds. The van der Waals surface area contributed by atoms with Crippen LogP contribution in [0.5, 0.6) is 0 Å². The third kappa shape index (κ3) is 2.19. The van der Waals surface area contributed by atoms with Crippen molar-refractivity contribution in [2.24, 2.45) is 0 Å². The van der Waals surface area contributed by atoms with Crippen LogP contribution in [0.15, 0.2) is 47.7 Å². The number of nitrogens with one attached hydrogen (secondary N) is 1. The van der Waals surface area contributed by atoms with Gasteiger partial charge in [0.15, 0.2) is 11.5 Å². The summed E-state index contributed by atoms with van der Waals surface area (Å²) in [6.45, 7) is 0.666. The number of anilines is 1. The first-order valence-corrected chi connectivity index (χ1v) is 6.24. The van der Waals surface area contributed by atoms with Crippen LogP contribution in [0.25, 0.3) is 5.65 Å². The minimum absolute atomic E-state index is 0.666. The molecule has 0 spiro atoms. The predicted molar refractivity (Wildman–Crippen MR) is 72.3 cm³/mol. The molecule has 0 saturated carbocycles. The maximum absolute atomic E-state index is 4.39. The molecule has 3 aromatic heterocycles. The molecule has 0 aliphatic heterocycles. The molecule has 6 heteroatoms. The van der Waals surface area contributed by atoms with Crippen LogP contribution < -0.4 is 5.32 Å². The summed E-state index contributed by atoms with van der Waals surface area (Å²) in [5, 5.41) is 3.27. The second-order valence-corrected chi connectivity index (χ2v) is 4.60. The first-order valence-electron chi connectivity index (χ1n) is 5.45. The lowest BCUT2D eigenvalue weighted by atomic mass is 10.3. The predicted octanol–water partition coefficient (Wildman–Crippen LogP) is 2.50. The van der Waals surface area contributed by atoms with Gasteiger partial charge in [-0.2, -0.15) is 0 Å². The van der Waals surface area contributed by atoms with Crippen molar-refractivity contribution in [3.63, 3.8) is 0 Å². The Balaban J connectivity index is 1.88. The van der Waals surface area contributed by atoms with E-state index in [2.05, 4.69) is 36.2 Å². The number of pyridine rings is 1. The number of hydrogen-bond acceptors (Lipinski definition) is 4. The molecule has 0 bridgehead atoms. The number of imidazole rings is 1. The number of aromatic nitrogens is 4. The zero-order chi connectivity index (χ0) is 12.4. The molecule has 0 aliphatic rings. The molecule has 5 nitrogen and oxygen atoms in total. The molecule has 3 rings (SSSR count). The first-order chi connectivity index (χ1) is 8.83. The lowest BCUT2D eigenvalue weighted by molar-refractivity contribution is 1.04. The minimum atomic E-state index is 0.666. The zero-order valence-corrected chi connectivity index (χ0v) is 11.0. The van der Waals surface area contributed by atoms with Crippen molar-refractivity contribution < 1.29 is 0 Å². The summed E-state index contributed by atoms with van der Waals surface area (Å²) in [5.41, 5.74) is 1.91. The molecule has 3 heterocycles. The van der Waals surface area contributed by atoms with Crippen molar-refractivity contribution in [3.8, 4) is 0 Å². The molecule has 3 aromatic rings. The van der Waals surface area contributed by atoms with Crippen LogP contribution in [-0.4, -0.2) is 19.4 Å². The van der Waals surface area contributed by atoms with Crippen molar-refractivity contribution in [3.05, 3.63) is 53.3 Å². The second-order valence-electron chi connectivity index (χ2n) is 3.79. The van der Waals surface area contributed by atoms with Crippen LogP contribution in [0.2, 0.25) is 0 Å². The zero-order valence-electron chi connectivity index (χ0n) is 9.42. The Morgan fingerprint density at radius 3 is 3.11 bits per heavy atom. The van der Waals surface area contributed by atoms with Crippen molar-refractivity contribution in [1.82, 2.24) is 19.4 Å². The first kappa shape index (κ1) is 11.2. The van der Waals surface area contributed by atoms with Crippen molar-refractivity contribution in [1.29, 1.82) is 0 Å². The van der Waals surface area contributed by atoms with Gasteiger partial charge in [0.25, 0.3) is 0 Å². The van der Waals surface area contributed by atoms with E-state index in [1.807, 2.05) is 35.1 Å². The fraction of sp³-hybridized carbons (Fsp3) is 0.0833. The minimum Gasteiger partial charge on any atom is -0.363 e. The number of halogens is 1. The van der Waals surface area contributed by atoms with E-state index in [4.69, 9.17) is 0 Å². The van der Waals surface area contributed by atoms with Crippen LogP contribution >= 0.6 is 15.9 Å². The molecule has 1 N–H and O–H groups in total. The summed E-state index contributed by atoms with van der Waals surface area (Å²) >= 11 is 3.38. The van der Waals surface area contributed by atoms with E-state index in [9.17, 15) is 0 Å². The van der Waals surface area contributed by atoms with Gasteiger partial charge in [-0.1, -0.05) is 6.07 Å². The highest BCUT2D eigenvalue weighted by molar-refractivity contribution is 9.10. The molecule has 0 unspecified atom stereocenters. The van der Waals surface area contributed by atoms with Crippen molar-refractivity contribution in [2.45, 2.75) is 6.54 Å². The molecular formula is C12H10BrN5. The quantitative estimate of drug-likeness (QED) is 0.808. The smallest absolute Gasteiger partial charge is 0.180 e. The van der Waals surface area contributed by atoms with E-state index >= 15 is 0 Å². The van der Waals surface area contributed by atoms with Gasteiger partial charge >= 0.3 is 0 Å². The van der Waals surface area contributed by atoms with Gasteiger partial charge in [0, 0.05) is 37.5 Å². The Morgan fingerprint density at radius 2 is 2.28 bits per heavy atom. The highest BCUT2D eigenvalue weighted by Gasteiger charge is 2.05. The standard InChI is InChI=1S/C12H10BrN5/c13-10-8-18-5-4-15-12(18)11(17-10)16-7-9-2-1-3-14-6-9/h1-6,8H,7H2,(H,16,17). The molecule has 18 heavy (non-hydrogen) atoms. The third-order valence-electron chi connectivity index (χ3n) is 2.53. The summed E-state index contributed by atoms with van der Waals surface area (Å²) in [6.07, 6.45) is 9.09. The van der Waals surface area contributed by atoms with Crippen LogP contribution in [0.3, 0.4) is 0 Å². The molecule has 0 saturated heterocycles. The summed E-state index contributed by atoms with van der Waals surface area (Å²) in [4.78, 5) is 12.7. The van der Waals surface area contributed by atoms with E-state index in [0.29, 0.717) is 6.54 Å². The van der Waals surface area contributed by atoms with E-state index in [0.717, 1.165) is 21.6 Å². The molecular weight excluding hydrogens is 294 g/mol. The molecule has 90 valence electrons. The number of fused-ring (bicyclic) bond motifs is 1. The van der Waals surface area contributed by atoms with Gasteiger partial charge in [-0.05, 0) is 27.6 Å². The van der Waals surface area contributed by atoms with Gasteiger partial charge in [0.2, 0.25) is 0 Å². The average molecular weight is 304 g/mol. The molecule has 0 atom stereocenters. The van der Waals surface area contributed by atoms with Gasteiger partial charge in [-0.25, -0.2) is 9.97 Å². The lowest BCUT2D eigenvalue weighted by Crippen LogP contribution is -2.04. The summed E-state index contributed by atoms with van der Waals surface area (Å²) < 4.78 is 2.68. The topological polar surface area (TPSA) is 55.1 Å². The highest BCUT2D eigenvalue weighted by Crippen LogP contribution is 2.17. The maximum Gasteiger partial charge on any atom is 0.180 e. The number of rotatable bonds is 3. The van der Waals surface area contributed by atoms with Gasteiger partial charge in [0.1, 0.15) is 4.60 Å². The van der Waals surface area contributed by atoms with Crippen LogP contribution in [0.4, 0.5) is 5.82 Å². The SMILES string of the molecule is Brc1cn2ccnc2c(NCc2cccnc2)n1. The van der Waals surface area contributed by atoms with Gasteiger partial charge < -0.3 is 9.72 Å². The average Bonchev–Trinajstić information content (AvgIpc) is 2.85. The number of nitrogens with zero attached hydrogens (tertiary/aromatic N) is 4. The summed E-state index contributed by atoms with van der Waals surface area (Å²) in [7, 11) is 0. The van der Waals surface area contributed by atoms with Gasteiger partial charge in [-0.15, -0.1) is 0 Å². The maximum atomic E-state index is 4.39. The van der Waals surface area contributed by atoms with E-state index < -0.39 is 0 Å². The van der Waals surface area contributed by atoms with E-state index in [-0.39, 0.29) is 0 Å². The molecule has 0 radical (unpaired) electrons. The van der Waals surface area contributed by atoms with Crippen LogP contribution in [-0.2, 0) is 6.54 Å². The molecule has 0 fully saturated rings.